The highest BCUT2D eigenvalue weighted by molar-refractivity contribution is 7.89. The smallest absolute Gasteiger partial charge is 0.244 e. The first-order chi connectivity index (χ1) is 8.49. The van der Waals surface area contributed by atoms with Crippen LogP contribution in [0.1, 0.15) is 30.8 Å². The Balaban J connectivity index is 2.01. The fourth-order valence-corrected chi connectivity index (χ4v) is 3.58. The van der Waals surface area contributed by atoms with Crippen LogP contribution in [0.2, 0.25) is 0 Å². The van der Waals surface area contributed by atoms with Gasteiger partial charge >= 0.3 is 0 Å². The van der Waals surface area contributed by atoms with Crippen LogP contribution in [0, 0.1) is 13.8 Å². The summed E-state index contributed by atoms with van der Waals surface area (Å²) in [5.74, 6) is 1.06. The molecule has 0 bridgehead atoms. The van der Waals surface area contributed by atoms with Crippen LogP contribution in [-0.2, 0) is 10.0 Å². The number of nitrogens with one attached hydrogen (secondary N) is 2. The van der Waals surface area contributed by atoms with Crippen LogP contribution in [0.25, 0.3) is 0 Å². The molecule has 0 saturated carbocycles. The molecular formula is C12H20N2O3S. The van der Waals surface area contributed by atoms with Crippen molar-refractivity contribution in [1.29, 1.82) is 0 Å². The van der Waals surface area contributed by atoms with Gasteiger partial charge in [0.1, 0.15) is 16.4 Å². The molecule has 0 aliphatic carbocycles. The summed E-state index contributed by atoms with van der Waals surface area (Å²) in [6.45, 7) is 4.82. The molecule has 1 aliphatic rings. The number of hydrogen-bond donors (Lipinski definition) is 2. The zero-order valence-corrected chi connectivity index (χ0v) is 11.6. The zero-order chi connectivity index (χ0) is 13.2. The number of rotatable bonds is 4. The van der Waals surface area contributed by atoms with Crippen molar-refractivity contribution in [2.45, 2.75) is 44.0 Å². The number of hydrogen-bond acceptors (Lipinski definition) is 4. The van der Waals surface area contributed by atoms with E-state index in [-0.39, 0.29) is 10.9 Å². The Morgan fingerprint density at radius 1 is 1.44 bits per heavy atom. The van der Waals surface area contributed by atoms with E-state index in [1.165, 1.54) is 6.42 Å². The van der Waals surface area contributed by atoms with Crippen LogP contribution in [-0.4, -0.2) is 27.5 Å². The second kappa shape index (κ2) is 5.42. The molecule has 102 valence electrons. The second-order valence-corrected chi connectivity index (χ2v) is 6.51. The van der Waals surface area contributed by atoms with Gasteiger partial charge in [-0.15, -0.1) is 0 Å². The summed E-state index contributed by atoms with van der Waals surface area (Å²) in [7, 11) is -3.45. The van der Waals surface area contributed by atoms with E-state index in [0.29, 0.717) is 18.1 Å². The van der Waals surface area contributed by atoms with Crippen molar-refractivity contribution in [3.63, 3.8) is 0 Å². The Morgan fingerprint density at radius 3 is 2.78 bits per heavy atom. The lowest BCUT2D eigenvalue weighted by molar-refractivity contribution is 0.398. The Morgan fingerprint density at radius 2 is 2.22 bits per heavy atom. The molecule has 1 aromatic heterocycles. The molecule has 2 heterocycles. The maximum atomic E-state index is 12.1. The van der Waals surface area contributed by atoms with Crippen LogP contribution in [0.3, 0.4) is 0 Å². The van der Waals surface area contributed by atoms with Crippen LogP contribution < -0.4 is 10.0 Å². The molecule has 2 N–H and O–H groups in total. The van der Waals surface area contributed by atoms with Gasteiger partial charge in [0, 0.05) is 12.6 Å². The van der Waals surface area contributed by atoms with Gasteiger partial charge in [-0.2, -0.15) is 0 Å². The van der Waals surface area contributed by atoms with Crippen LogP contribution in [0.5, 0.6) is 0 Å². The number of sulfonamides is 1. The quantitative estimate of drug-likeness (QED) is 0.867. The topological polar surface area (TPSA) is 71.3 Å². The van der Waals surface area contributed by atoms with Crippen molar-refractivity contribution in [2.24, 2.45) is 0 Å². The Kier molecular flexibility index (Phi) is 4.09. The van der Waals surface area contributed by atoms with E-state index in [1.54, 1.807) is 19.9 Å². The minimum Gasteiger partial charge on any atom is -0.465 e. The van der Waals surface area contributed by atoms with Gasteiger partial charge in [0.25, 0.3) is 0 Å². The number of aryl methyl sites for hydroxylation is 2. The van der Waals surface area contributed by atoms with Gasteiger partial charge in [0.15, 0.2) is 0 Å². The van der Waals surface area contributed by atoms with Gasteiger partial charge in [0.2, 0.25) is 10.0 Å². The summed E-state index contributed by atoms with van der Waals surface area (Å²) in [6.07, 6.45) is 3.35. The largest absolute Gasteiger partial charge is 0.465 e. The Hall–Kier alpha value is -0.850. The van der Waals surface area contributed by atoms with E-state index < -0.39 is 10.0 Å². The van der Waals surface area contributed by atoms with Gasteiger partial charge in [-0.25, -0.2) is 13.1 Å². The first-order valence-corrected chi connectivity index (χ1v) is 7.77. The fraction of sp³-hybridized carbons (Fsp3) is 0.667. The average molecular weight is 272 g/mol. The molecule has 6 heteroatoms. The molecule has 0 unspecified atom stereocenters. The van der Waals surface area contributed by atoms with Crippen molar-refractivity contribution in [2.75, 3.05) is 13.1 Å². The summed E-state index contributed by atoms with van der Waals surface area (Å²) < 4.78 is 32.1. The van der Waals surface area contributed by atoms with Gasteiger partial charge in [0.05, 0.1) is 0 Å². The van der Waals surface area contributed by atoms with Crippen molar-refractivity contribution >= 4 is 10.0 Å². The van der Waals surface area contributed by atoms with Gasteiger partial charge in [-0.1, -0.05) is 6.42 Å². The maximum Gasteiger partial charge on any atom is 0.244 e. The minimum absolute atomic E-state index is 0.238. The third-order valence-corrected chi connectivity index (χ3v) is 4.75. The third kappa shape index (κ3) is 3.13. The lowest BCUT2D eigenvalue weighted by atomic mass is 10.1. The fourth-order valence-electron chi connectivity index (χ4n) is 2.26. The highest BCUT2D eigenvalue weighted by Gasteiger charge is 2.22. The van der Waals surface area contributed by atoms with Crippen molar-refractivity contribution in [3.8, 4) is 0 Å². The first-order valence-electron chi connectivity index (χ1n) is 6.29. The molecule has 0 amide bonds. The molecule has 0 spiro atoms. The molecule has 1 atom stereocenters. The lowest BCUT2D eigenvalue weighted by Crippen LogP contribution is -2.43. The predicted molar refractivity (Wildman–Crippen MR) is 69.0 cm³/mol. The molecule has 5 nitrogen and oxygen atoms in total. The molecule has 1 fully saturated rings. The average Bonchev–Trinajstić information content (AvgIpc) is 2.68. The molecule has 1 saturated heterocycles. The molecule has 18 heavy (non-hydrogen) atoms. The first kappa shape index (κ1) is 13.6. The van der Waals surface area contributed by atoms with Gasteiger partial charge in [-0.05, 0) is 39.3 Å². The maximum absolute atomic E-state index is 12.1. The summed E-state index contributed by atoms with van der Waals surface area (Å²) >= 11 is 0. The monoisotopic (exact) mass is 272 g/mol. The Labute approximate surface area is 108 Å². The normalized spacial score (nSPS) is 21.1. The third-order valence-electron chi connectivity index (χ3n) is 3.22. The molecule has 2 rings (SSSR count). The molecule has 0 aromatic carbocycles. The second-order valence-electron chi connectivity index (χ2n) is 4.78. The minimum atomic E-state index is -3.45. The Bertz CT molecular complexity index is 501. The number of piperidine rings is 1. The van der Waals surface area contributed by atoms with E-state index in [1.807, 2.05) is 0 Å². The zero-order valence-electron chi connectivity index (χ0n) is 10.8. The summed E-state index contributed by atoms with van der Waals surface area (Å²) in [4.78, 5) is 0.246. The van der Waals surface area contributed by atoms with E-state index in [4.69, 9.17) is 4.42 Å². The molecular weight excluding hydrogens is 252 g/mol. The molecule has 1 aromatic rings. The van der Waals surface area contributed by atoms with E-state index in [0.717, 1.165) is 19.4 Å². The van der Waals surface area contributed by atoms with Gasteiger partial charge in [-0.3, -0.25) is 0 Å². The summed E-state index contributed by atoms with van der Waals surface area (Å²) in [6, 6.07) is 1.80. The highest BCUT2D eigenvalue weighted by atomic mass is 32.2. The van der Waals surface area contributed by atoms with E-state index >= 15 is 0 Å². The highest BCUT2D eigenvalue weighted by Crippen LogP contribution is 2.19. The standard InChI is InChI=1S/C12H20N2O3S/c1-9-7-12(10(2)17-9)18(15,16)14-8-11-5-3-4-6-13-11/h7,11,13-14H,3-6,8H2,1-2H3/t11-/m1/s1. The molecule has 1 aliphatic heterocycles. The lowest BCUT2D eigenvalue weighted by Gasteiger charge is -2.23. The van der Waals surface area contributed by atoms with Crippen molar-refractivity contribution < 1.29 is 12.8 Å². The summed E-state index contributed by atoms with van der Waals surface area (Å²) in [5, 5.41) is 3.31. The van der Waals surface area contributed by atoms with E-state index in [2.05, 4.69) is 10.0 Å². The van der Waals surface area contributed by atoms with Crippen LogP contribution in [0.15, 0.2) is 15.4 Å². The van der Waals surface area contributed by atoms with Crippen LogP contribution >= 0.6 is 0 Å². The molecule has 0 radical (unpaired) electrons. The SMILES string of the molecule is Cc1cc(S(=O)(=O)NC[C@H]2CCCCN2)c(C)o1. The van der Waals surface area contributed by atoms with Crippen molar-refractivity contribution in [1.82, 2.24) is 10.0 Å². The number of furan rings is 1. The van der Waals surface area contributed by atoms with Crippen molar-refractivity contribution in [3.05, 3.63) is 17.6 Å². The van der Waals surface area contributed by atoms with E-state index in [9.17, 15) is 8.42 Å². The predicted octanol–water partition coefficient (Wildman–Crippen LogP) is 1.32. The van der Waals surface area contributed by atoms with Crippen LogP contribution in [0.4, 0.5) is 0 Å². The summed E-state index contributed by atoms with van der Waals surface area (Å²) in [5.41, 5.74) is 0. The van der Waals surface area contributed by atoms with Gasteiger partial charge < -0.3 is 9.73 Å².